The maximum atomic E-state index is 11.9. The molecule has 1 aromatic carbocycles. The van der Waals surface area contributed by atoms with Crippen LogP contribution in [0.3, 0.4) is 0 Å². The van der Waals surface area contributed by atoms with Crippen LogP contribution in [0.1, 0.15) is 32.4 Å². The molecular formula is C15H22N2O2. The zero-order chi connectivity index (χ0) is 14.2. The van der Waals surface area contributed by atoms with E-state index in [1.807, 2.05) is 58.0 Å². The lowest BCUT2D eigenvalue weighted by Crippen LogP contribution is -2.37. The molecular weight excluding hydrogens is 240 g/mol. The van der Waals surface area contributed by atoms with E-state index in [9.17, 15) is 4.79 Å². The second kappa shape index (κ2) is 5.11. The standard InChI is InChI=1S/C15H22N2O2/c1-10(2)17-11(3)14(19-15(17)18)12-7-6-8-13(9-12)16(4)5/h6-11,14H,1-5H3. The molecule has 1 aromatic rings. The lowest BCUT2D eigenvalue weighted by Gasteiger charge is -2.24. The highest BCUT2D eigenvalue weighted by Gasteiger charge is 2.40. The highest BCUT2D eigenvalue weighted by Crippen LogP contribution is 2.34. The van der Waals surface area contributed by atoms with Crippen molar-refractivity contribution in [3.05, 3.63) is 29.8 Å². The Balaban J connectivity index is 2.28. The summed E-state index contributed by atoms with van der Waals surface area (Å²) in [5.74, 6) is 0. The normalized spacial score (nSPS) is 22.8. The van der Waals surface area contributed by atoms with Gasteiger partial charge in [-0.25, -0.2) is 4.79 Å². The van der Waals surface area contributed by atoms with Crippen molar-refractivity contribution in [1.82, 2.24) is 4.90 Å². The minimum atomic E-state index is -0.220. The van der Waals surface area contributed by atoms with Crippen LogP contribution < -0.4 is 4.90 Å². The molecule has 1 heterocycles. The van der Waals surface area contributed by atoms with Crippen molar-refractivity contribution in [2.75, 3.05) is 19.0 Å². The lowest BCUT2D eigenvalue weighted by atomic mass is 10.0. The highest BCUT2D eigenvalue weighted by atomic mass is 16.6. The third-order valence-electron chi connectivity index (χ3n) is 3.59. The monoisotopic (exact) mass is 262 g/mol. The van der Waals surface area contributed by atoms with E-state index in [0.717, 1.165) is 11.3 Å². The molecule has 4 heteroatoms. The Hall–Kier alpha value is -1.71. The van der Waals surface area contributed by atoms with Crippen LogP contribution in [-0.2, 0) is 4.74 Å². The Morgan fingerprint density at radius 1 is 1.32 bits per heavy atom. The summed E-state index contributed by atoms with van der Waals surface area (Å²) < 4.78 is 5.54. The first-order valence-electron chi connectivity index (χ1n) is 6.68. The van der Waals surface area contributed by atoms with Crippen LogP contribution in [0.4, 0.5) is 10.5 Å². The van der Waals surface area contributed by atoms with Gasteiger partial charge in [-0.1, -0.05) is 12.1 Å². The van der Waals surface area contributed by atoms with Crippen molar-refractivity contribution in [2.24, 2.45) is 0 Å². The van der Waals surface area contributed by atoms with E-state index < -0.39 is 0 Å². The molecule has 1 fully saturated rings. The number of benzene rings is 1. The van der Waals surface area contributed by atoms with E-state index in [-0.39, 0.29) is 24.3 Å². The average Bonchev–Trinajstić information content (AvgIpc) is 2.65. The molecule has 0 bridgehead atoms. The van der Waals surface area contributed by atoms with Crippen LogP contribution in [0.25, 0.3) is 0 Å². The van der Waals surface area contributed by atoms with E-state index >= 15 is 0 Å². The summed E-state index contributed by atoms with van der Waals surface area (Å²) in [5.41, 5.74) is 2.17. The Bertz CT molecular complexity index is 471. The smallest absolute Gasteiger partial charge is 0.411 e. The van der Waals surface area contributed by atoms with Gasteiger partial charge >= 0.3 is 6.09 Å². The first kappa shape index (κ1) is 13.7. The summed E-state index contributed by atoms with van der Waals surface area (Å²) in [6, 6.07) is 8.37. The summed E-state index contributed by atoms with van der Waals surface area (Å²) in [6.45, 7) is 6.06. The summed E-state index contributed by atoms with van der Waals surface area (Å²) >= 11 is 0. The van der Waals surface area contributed by atoms with Gasteiger partial charge in [-0.3, -0.25) is 4.90 Å². The van der Waals surface area contributed by atoms with Crippen LogP contribution in [0.2, 0.25) is 0 Å². The molecule has 19 heavy (non-hydrogen) atoms. The summed E-state index contributed by atoms with van der Waals surface area (Å²) in [7, 11) is 4.01. The third-order valence-corrected chi connectivity index (χ3v) is 3.59. The molecule has 4 nitrogen and oxygen atoms in total. The van der Waals surface area contributed by atoms with Gasteiger partial charge in [0.1, 0.15) is 6.10 Å². The topological polar surface area (TPSA) is 32.8 Å². The van der Waals surface area contributed by atoms with E-state index in [1.165, 1.54) is 0 Å². The number of carbonyl (C=O) groups excluding carboxylic acids is 1. The van der Waals surface area contributed by atoms with Gasteiger partial charge in [0.15, 0.2) is 0 Å². The van der Waals surface area contributed by atoms with Crippen molar-refractivity contribution in [2.45, 2.75) is 39.0 Å². The molecule has 0 radical (unpaired) electrons. The predicted molar refractivity (Wildman–Crippen MR) is 76.4 cm³/mol. The fourth-order valence-corrected chi connectivity index (χ4v) is 2.59. The molecule has 2 atom stereocenters. The van der Waals surface area contributed by atoms with Crippen molar-refractivity contribution >= 4 is 11.8 Å². The van der Waals surface area contributed by atoms with Gasteiger partial charge in [0.05, 0.1) is 6.04 Å². The van der Waals surface area contributed by atoms with Crippen LogP contribution in [0, 0.1) is 0 Å². The third kappa shape index (κ3) is 2.53. The second-order valence-corrected chi connectivity index (χ2v) is 5.54. The molecule has 0 saturated carbocycles. The minimum absolute atomic E-state index is 0.0601. The second-order valence-electron chi connectivity index (χ2n) is 5.54. The molecule has 2 rings (SSSR count). The quantitative estimate of drug-likeness (QED) is 0.839. The van der Waals surface area contributed by atoms with Gasteiger partial charge < -0.3 is 9.64 Å². The van der Waals surface area contributed by atoms with Gasteiger partial charge in [-0.2, -0.15) is 0 Å². The maximum Gasteiger partial charge on any atom is 0.411 e. The lowest BCUT2D eigenvalue weighted by molar-refractivity contribution is 0.129. The van der Waals surface area contributed by atoms with Crippen LogP contribution >= 0.6 is 0 Å². The molecule has 1 amide bonds. The number of rotatable bonds is 3. The van der Waals surface area contributed by atoms with E-state index in [4.69, 9.17) is 4.74 Å². The number of nitrogens with zero attached hydrogens (tertiary/aromatic N) is 2. The molecule has 0 spiro atoms. The molecule has 104 valence electrons. The van der Waals surface area contributed by atoms with Crippen molar-refractivity contribution < 1.29 is 9.53 Å². The Morgan fingerprint density at radius 3 is 2.53 bits per heavy atom. The number of amides is 1. The molecule has 2 unspecified atom stereocenters. The summed E-state index contributed by atoms with van der Waals surface area (Å²) in [6.07, 6.45) is -0.405. The molecule has 0 N–H and O–H groups in total. The summed E-state index contributed by atoms with van der Waals surface area (Å²) in [4.78, 5) is 15.8. The number of cyclic esters (lactones) is 1. The number of hydrogen-bond donors (Lipinski definition) is 0. The first-order chi connectivity index (χ1) is 8.91. The number of hydrogen-bond acceptors (Lipinski definition) is 3. The molecule has 1 aliphatic rings. The van der Waals surface area contributed by atoms with Gasteiger partial charge in [-0.15, -0.1) is 0 Å². The molecule has 1 saturated heterocycles. The minimum Gasteiger partial charge on any atom is -0.439 e. The van der Waals surface area contributed by atoms with Crippen molar-refractivity contribution in [1.29, 1.82) is 0 Å². The Morgan fingerprint density at radius 2 is 2.00 bits per heavy atom. The maximum absolute atomic E-state index is 11.9. The highest BCUT2D eigenvalue weighted by molar-refractivity contribution is 5.71. The van der Waals surface area contributed by atoms with Gasteiger partial charge in [0.2, 0.25) is 0 Å². The zero-order valence-corrected chi connectivity index (χ0v) is 12.3. The fraction of sp³-hybridized carbons (Fsp3) is 0.533. The van der Waals surface area contributed by atoms with Crippen LogP contribution in [0.5, 0.6) is 0 Å². The van der Waals surface area contributed by atoms with Crippen LogP contribution in [0.15, 0.2) is 24.3 Å². The first-order valence-corrected chi connectivity index (χ1v) is 6.68. The largest absolute Gasteiger partial charge is 0.439 e. The SMILES string of the molecule is CC(C)N1C(=O)OC(c2cccc(N(C)C)c2)C1C. The van der Waals surface area contributed by atoms with Crippen LogP contribution in [-0.4, -0.2) is 37.2 Å². The molecule has 0 aliphatic carbocycles. The van der Waals surface area contributed by atoms with E-state index in [2.05, 4.69) is 6.07 Å². The van der Waals surface area contributed by atoms with Crippen molar-refractivity contribution in [3.8, 4) is 0 Å². The molecule has 0 aromatic heterocycles. The van der Waals surface area contributed by atoms with E-state index in [1.54, 1.807) is 4.90 Å². The number of ether oxygens (including phenoxy) is 1. The van der Waals surface area contributed by atoms with Gasteiger partial charge in [0, 0.05) is 25.8 Å². The van der Waals surface area contributed by atoms with Gasteiger partial charge in [-0.05, 0) is 38.5 Å². The Labute approximate surface area is 115 Å². The summed E-state index contributed by atoms with van der Waals surface area (Å²) in [5, 5.41) is 0. The average molecular weight is 262 g/mol. The fourth-order valence-electron chi connectivity index (χ4n) is 2.59. The Kier molecular flexibility index (Phi) is 3.69. The molecule has 1 aliphatic heterocycles. The van der Waals surface area contributed by atoms with E-state index in [0.29, 0.717) is 0 Å². The number of anilines is 1. The zero-order valence-electron chi connectivity index (χ0n) is 12.3. The predicted octanol–water partition coefficient (Wildman–Crippen LogP) is 3.04. The van der Waals surface area contributed by atoms with Gasteiger partial charge in [0.25, 0.3) is 0 Å². The number of carbonyl (C=O) groups is 1. The van der Waals surface area contributed by atoms with Crippen molar-refractivity contribution in [3.63, 3.8) is 0 Å².